The largest absolute Gasteiger partial charge is 0.494 e. The van der Waals surface area contributed by atoms with Crippen molar-refractivity contribution in [2.45, 2.75) is 25.8 Å². The maximum absolute atomic E-state index is 13.8. The first-order chi connectivity index (χ1) is 11.2. The van der Waals surface area contributed by atoms with Crippen LogP contribution in [0.4, 0.5) is 4.39 Å². The average molecular weight is 358 g/mol. The molecule has 1 saturated heterocycles. The number of hydrogen-bond donors (Lipinski definition) is 1. The monoisotopic (exact) mass is 358 g/mol. The standard InChI is InChI=1S/C16H23FN2O4S/c1-11(13-4-5-15(23-2)14(17)10-13)18-16(20)12-6-8-19(9-7-12)24(3,21)22/h4-5,10-12H,6-9H2,1-3H3,(H,18,20)/t11-/m0/s1. The Balaban J connectivity index is 1.94. The van der Waals surface area contributed by atoms with E-state index >= 15 is 0 Å². The number of nitrogens with one attached hydrogen (secondary N) is 1. The molecule has 0 aromatic heterocycles. The lowest BCUT2D eigenvalue weighted by molar-refractivity contribution is -0.126. The number of carbonyl (C=O) groups is 1. The van der Waals surface area contributed by atoms with Crippen LogP contribution in [0.1, 0.15) is 31.4 Å². The Labute approximate surface area is 142 Å². The Morgan fingerprint density at radius 1 is 1.38 bits per heavy atom. The van der Waals surface area contributed by atoms with Gasteiger partial charge < -0.3 is 10.1 Å². The van der Waals surface area contributed by atoms with Crippen molar-refractivity contribution in [3.8, 4) is 5.75 Å². The zero-order valence-electron chi connectivity index (χ0n) is 14.1. The van der Waals surface area contributed by atoms with E-state index in [0.29, 0.717) is 31.5 Å². The number of amides is 1. The van der Waals surface area contributed by atoms with Crippen molar-refractivity contribution in [3.63, 3.8) is 0 Å². The van der Waals surface area contributed by atoms with Crippen LogP contribution in [-0.2, 0) is 14.8 Å². The minimum atomic E-state index is -3.20. The van der Waals surface area contributed by atoms with E-state index in [-0.39, 0.29) is 23.6 Å². The molecule has 1 heterocycles. The van der Waals surface area contributed by atoms with Crippen LogP contribution in [0, 0.1) is 11.7 Å². The number of hydrogen-bond acceptors (Lipinski definition) is 4. The summed E-state index contributed by atoms with van der Waals surface area (Å²) in [5.74, 6) is -0.677. The third-order valence-corrected chi connectivity index (χ3v) is 5.63. The van der Waals surface area contributed by atoms with Crippen LogP contribution in [0.2, 0.25) is 0 Å². The van der Waals surface area contributed by atoms with Gasteiger partial charge in [0.15, 0.2) is 11.6 Å². The highest BCUT2D eigenvalue weighted by Crippen LogP contribution is 2.24. The molecule has 0 aliphatic carbocycles. The summed E-state index contributed by atoms with van der Waals surface area (Å²) in [4.78, 5) is 12.3. The van der Waals surface area contributed by atoms with E-state index in [1.807, 2.05) is 0 Å². The smallest absolute Gasteiger partial charge is 0.223 e. The van der Waals surface area contributed by atoms with Crippen molar-refractivity contribution < 1.29 is 22.3 Å². The Morgan fingerprint density at radius 2 is 2.00 bits per heavy atom. The summed E-state index contributed by atoms with van der Waals surface area (Å²) in [6, 6.07) is 4.23. The van der Waals surface area contributed by atoms with Crippen molar-refractivity contribution in [1.29, 1.82) is 0 Å². The van der Waals surface area contributed by atoms with Crippen LogP contribution in [0.5, 0.6) is 5.75 Å². The van der Waals surface area contributed by atoms with Crippen LogP contribution in [0.15, 0.2) is 18.2 Å². The molecule has 1 aromatic rings. The van der Waals surface area contributed by atoms with Gasteiger partial charge in [-0.05, 0) is 37.5 Å². The Bertz CT molecular complexity index is 700. The van der Waals surface area contributed by atoms with Gasteiger partial charge in [-0.1, -0.05) is 6.07 Å². The maximum Gasteiger partial charge on any atom is 0.223 e. The minimum absolute atomic E-state index is 0.133. The molecule has 1 N–H and O–H groups in total. The van der Waals surface area contributed by atoms with Gasteiger partial charge in [-0.15, -0.1) is 0 Å². The second kappa shape index (κ2) is 7.48. The summed E-state index contributed by atoms with van der Waals surface area (Å²) < 4.78 is 43.0. The van der Waals surface area contributed by atoms with Gasteiger partial charge >= 0.3 is 0 Å². The van der Waals surface area contributed by atoms with Crippen LogP contribution in [-0.4, -0.2) is 45.1 Å². The number of piperidine rings is 1. The van der Waals surface area contributed by atoms with E-state index in [2.05, 4.69) is 5.32 Å². The lowest BCUT2D eigenvalue weighted by Crippen LogP contribution is -2.43. The number of nitrogens with zero attached hydrogens (tertiary/aromatic N) is 1. The molecule has 1 aliphatic heterocycles. The van der Waals surface area contributed by atoms with Gasteiger partial charge in [0.25, 0.3) is 0 Å². The third-order valence-electron chi connectivity index (χ3n) is 4.33. The summed E-state index contributed by atoms with van der Waals surface area (Å²) in [7, 11) is -1.81. The number of halogens is 1. The van der Waals surface area contributed by atoms with Crippen LogP contribution in [0.25, 0.3) is 0 Å². The Morgan fingerprint density at radius 3 is 2.50 bits per heavy atom. The van der Waals surface area contributed by atoms with E-state index in [1.165, 1.54) is 29.8 Å². The van der Waals surface area contributed by atoms with Crippen molar-refractivity contribution >= 4 is 15.9 Å². The molecule has 134 valence electrons. The topological polar surface area (TPSA) is 75.7 Å². The van der Waals surface area contributed by atoms with E-state index in [9.17, 15) is 17.6 Å². The van der Waals surface area contributed by atoms with Gasteiger partial charge in [0.05, 0.1) is 19.4 Å². The molecular weight excluding hydrogens is 335 g/mol. The molecular formula is C16H23FN2O4S. The summed E-state index contributed by atoms with van der Waals surface area (Å²) >= 11 is 0. The molecule has 0 unspecified atom stereocenters. The van der Waals surface area contributed by atoms with Crippen LogP contribution >= 0.6 is 0 Å². The van der Waals surface area contributed by atoms with Gasteiger partial charge in [-0.25, -0.2) is 17.1 Å². The molecule has 0 spiro atoms. The Kier molecular flexibility index (Phi) is 5.82. The zero-order valence-corrected chi connectivity index (χ0v) is 14.9. The van der Waals surface area contributed by atoms with Gasteiger partial charge in [0.1, 0.15) is 0 Å². The first-order valence-corrected chi connectivity index (χ1v) is 9.66. The van der Waals surface area contributed by atoms with Gasteiger partial charge in [-0.3, -0.25) is 4.79 Å². The molecule has 6 nitrogen and oxygen atoms in total. The molecule has 0 bridgehead atoms. The van der Waals surface area contributed by atoms with Gasteiger partial charge in [0, 0.05) is 19.0 Å². The second-order valence-electron chi connectivity index (χ2n) is 6.06. The summed E-state index contributed by atoms with van der Waals surface area (Å²) in [6.07, 6.45) is 2.15. The minimum Gasteiger partial charge on any atom is -0.494 e. The predicted molar refractivity (Wildman–Crippen MR) is 88.7 cm³/mol. The van der Waals surface area contributed by atoms with E-state index in [0.717, 1.165) is 0 Å². The number of carbonyl (C=O) groups excluding carboxylic acids is 1. The lowest BCUT2D eigenvalue weighted by Gasteiger charge is -2.30. The van der Waals surface area contributed by atoms with Gasteiger partial charge in [-0.2, -0.15) is 0 Å². The molecule has 1 atom stereocenters. The highest BCUT2D eigenvalue weighted by molar-refractivity contribution is 7.88. The highest BCUT2D eigenvalue weighted by Gasteiger charge is 2.29. The fourth-order valence-corrected chi connectivity index (χ4v) is 3.69. The summed E-state index contributed by atoms with van der Waals surface area (Å²) in [5.41, 5.74) is 0.648. The van der Waals surface area contributed by atoms with Crippen molar-refractivity contribution in [3.05, 3.63) is 29.6 Å². The second-order valence-corrected chi connectivity index (χ2v) is 8.04. The average Bonchev–Trinajstić information content (AvgIpc) is 2.54. The molecule has 2 rings (SSSR count). The fraction of sp³-hybridized carbons (Fsp3) is 0.562. The summed E-state index contributed by atoms with van der Waals surface area (Å²) in [5, 5.41) is 2.87. The van der Waals surface area contributed by atoms with E-state index in [1.54, 1.807) is 13.0 Å². The van der Waals surface area contributed by atoms with Crippen LogP contribution < -0.4 is 10.1 Å². The zero-order chi connectivity index (χ0) is 17.9. The first kappa shape index (κ1) is 18.7. The third kappa shape index (κ3) is 4.45. The molecule has 1 amide bonds. The summed E-state index contributed by atoms with van der Waals surface area (Å²) in [6.45, 7) is 2.48. The SMILES string of the molecule is COc1ccc([C@H](C)NC(=O)C2CCN(S(C)(=O)=O)CC2)cc1F. The quantitative estimate of drug-likeness (QED) is 0.869. The predicted octanol–water partition coefficient (Wildman–Crippen LogP) is 1.68. The number of rotatable bonds is 5. The molecule has 0 radical (unpaired) electrons. The fourth-order valence-electron chi connectivity index (χ4n) is 2.82. The van der Waals surface area contributed by atoms with E-state index in [4.69, 9.17) is 4.74 Å². The normalized spacial score (nSPS) is 18.2. The van der Waals surface area contributed by atoms with Crippen LogP contribution in [0.3, 0.4) is 0 Å². The van der Waals surface area contributed by atoms with Crippen molar-refractivity contribution in [2.75, 3.05) is 26.5 Å². The lowest BCUT2D eigenvalue weighted by atomic mass is 9.96. The number of methoxy groups -OCH3 is 1. The van der Waals surface area contributed by atoms with Crippen molar-refractivity contribution in [2.24, 2.45) is 5.92 Å². The number of benzene rings is 1. The number of sulfonamides is 1. The molecule has 24 heavy (non-hydrogen) atoms. The Hall–Kier alpha value is -1.67. The van der Waals surface area contributed by atoms with E-state index < -0.39 is 15.8 Å². The molecule has 8 heteroatoms. The molecule has 1 fully saturated rings. The highest BCUT2D eigenvalue weighted by atomic mass is 32.2. The first-order valence-electron chi connectivity index (χ1n) is 7.81. The maximum atomic E-state index is 13.8. The molecule has 1 aliphatic rings. The molecule has 1 aromatic carbocycles. The molecule has 0 saturated carbocycles. The van der Waals surface area contributed by atoms with Crippen molar-refractivity contribution in [1.82, 2.24) is 9.62 Å². The van der Waals surface area contributed by atoms with Gasteiger partial charge in [0.2, 0.25) is 15.9 Å². The number of ether oxygens (including phenoxy) is 1.